The third kappa shape index (κ3) is 3.11. The molecule has 3 rings (SSSR count). The van der Waals surface area contributed by atoms with Crippen molar-refractivity contribution in [1.82, 2.24) is 10.2 Å². The second kappa shape index (κ2) is 6.67. The highest BCUT2D eigenvalue weighted by molar-refractivity contribution is 8.01. The average Bonchev–Trinajstić information content (AvgIpc) is 3.09. The van der Waals surface area contributed by atoms with Gasteiger partial charge in [-0.25, -0.2) is 0 Å². The Morgan fingerprint density at radius 1 is 1.46 bits per heavy atom. The third-order valence-corrected chi connectivity index (χ3v) is 6.65. The fourth-order valence-electron chi connectivity index (χ4n) is 3.44. The number of fused-ring (bicyclic) bond motifs is 1. The summed E-state index contributed by atoms with van der Waals surface area (Å²) in [5.74, 6) is 0.767. The van der Waals surface area contributed by atoms with Gasteiger partial charge in [-0.2, -0.15) is 0 Å². The number of rotatable bonds is 5. The van der Waals surface area contributed by atoms with Crippen LogP contribution in [0.25, 0.3) is 0 Å². The van der Waals surface area contributed by atoms with Crippen LogP contribution in [0.3, 0.4) is 0 Å². The lowest BCUT2D eigenvalue weighted by atomic mass is 10.2. The molecule has 2 amide bonds. The molecular formula is C18H25N3O2S. The zero-order valence-electron chi connectivity index (χ0n) is 14.5. The van der Waals surface area contributed by atoms with Gasteiger partial charge in [0.25, 0.3) is 0 Å². The van der Waals surface area contributed by atoms with Crippen LogP contribution in [0.15, 0.2) is 30.3 Å². The Balaban J connectivity index is 1.57. The Kier molecular flexibility index (Phi) is 4.76. The first-order valence-electron chi connectivity index (χ1n) is 8.44. The first-order valence-corrected chi connectivity index (χ1v) is 9.42. The SMILES string of the molecule is CC(CNC(=O)C1CSC2(C)CCC(=O)N12)N(C)c1ccccc1. The quantitative estimate of drug-likeness (QED) is 0.886. The molecule has 0 bridgehead atoms. The summed E-state index contributed by atoms with van der Waals surface area (Å²) in [6, 6.07) is 9.96. The van der Waals surface area contributed by atoms with E-state index in [1.165, 1.54) is 0 Å². The van der Waals surface area contributed by atoms with E-state index in [1.807, 2.05) is 25.2 Å². The Morgan fingerprint density at radius 3 is 2.88 bits per heavy atom. The molecule has 0 radical (unpaired) electrons. The third-order valence-electron chi connectivity index (χ3n) is 5.14. The van der Waals surface area contributed by atoms with Gasteiger partial charge < -0.3 is 15.1 Å². The summed E-state index contributed by atoms with van der Waals surface area (Å²) in [6.07, 6.45) is 1.40. The smallest absolute Gasteiger partial charge is 0.243 e. The van der Waals surface area contributed by atoms with Crippen molar-refractivity contribution in [3.63, 3.8) is 0 Å². The van der Waals surface area contributed by atoms with Gasteiger partial charge in [0, 0.05) is 37.5 Å². The predicted octanol–water partition coefficient (Wildman–Crippen LogP) is 2.08. The summed E-state index contributed by atoms with van der Waals surface area (Å²) in [4.78, 5) is 28.5. The van der Waals surface area contributed by atoms with Crippen LogP contribution >= 0.6 is 11.8 Å². The van der Waals surface area contributed by atoms with Crippen LogP contribution in [0.5, 0.6) is 0 Å². The predicted molar refractivity (Wildman–Crippen MR) is 98.0 cm³/mol. The standard InChI is InChI=1S/C18H25N3O2S/c1-13(20(3)14-7-5-4-6-8-14)11-19-17(23)15-12-24-18(2)10-9-16(22)21(15)18/h4-8,13,15H,9-12H2,1-3H3,(H,19,23). The molecule has 1 N–H and O–H groups in total. The van der Waals surface area contributed by atoms with Crippen molar-refractivity contribution in [3.8, 4) is 0 Å². The van der Waals surface area contributed by atoms with Gasteiger partial charge in [0.05, 0.1) is 4.87 Å². The maximum Gasteiger partial charge on any atom is 0.243 e. The minimum atomic E-state index is -0.329. The molecule has 5 nitrogen and oxygen atoms in total. The number of hydrogen-bond acceptors (Lipinski definition) is 4. The number of carbonyl (C=O) groups is 2. The summed E-state index contributed by atoms with van der Waals surface area (Å²) in [6.45, 7) is 4.72. The van der Waals surface area contributed by atoms with Crippen molar-refractivity contribution >= 4 is 29.3 Å². The number of carbonyl (C=O) groups excluding carboxylic acids is 2. The molecule has 2 fully saturated rings. The van der Waals surface area contributed by atoms with Crippen molar-refractivity contribution in [2.45, 2.75) is 43.6 Å². The maximum atomic E-state index is 12.6. The molecule has 0 saturated carbocycles. The largest absolute Gasteiger partial charge is 0.370 e. The molecule has 6 heteroatoms. The molecule has 0 spiro atoms. The van der Waals surface area contributed by atoms with Crippen LogP contribution in [0.1, 0.15) is 26.7 Å². The van der Waals surface area contributed by atoms with Gasteiger partial charge in [-0.3, -0.25) is 9.59 Å². The molecule has 0 aromatic heterocycles. The van der Waals surface area contributed by atoms with Crippen molar-refractivity contribution < 1.29 is 9.59 Å². The van der Waals surface area contributed by atoms with E-state index >= 15 is 0 Å². The van der Waals surface area contributed by atoms with E-state index in [-0.39, 0.29) is 28.8 Å². The molecule has 2 heterocycles. The topological polar surface area (TPSA) is 52.7 Å². The lowest BCUT2D eigenvalue weighted by molar-refractivity contribution is -0.137. The molecule has 3 atom stereocenters. The van der Waals surface area contributed by atoms with Gasteiger partial charge in [0.15, 0.2) is 0 Å². The highest BCUT2D eigenvalue weighted by Crippen LogP contribution is 2.47. The molecule has 1 aromatic carbocycles. The van der Waals surface area contributed by atoms with Crippen LogP contribution in [0, 0.1) is 0 Å². The number of amides is 2. The highest BCUT2D eigenvalue weighted by atomic mass is 32.2. The average molecular weight is 347 g/mol. The number of anilines is 1. The zero-order valence-corrected chi connectivity index (χ0v) is 15.3. The van der Waals surface area contributed by atoms with Crippen LogP contribution in [0.2, 0.25) is 0 Å². The van der Waals surface area contributed by atoms with E-state index in [9.17, 15) is 9.59 Å². The van der Waals surface area contributed by atoms with Gasteiger partial charge >= 0.3 is 0 Å². The molecule has 24 heavy (non-hydrogen) atoms. The first-order chi connectivity index (χ1) is 11.4. The van der Waals surface area contributed by atoms with Crippen LogP contribution in [-0.2, 0) is 9.59 Å². The van der Waals surface area contributed by atoms with Crippen molar-refractivity contribution in [2.24, 2.45) is 0 Å². The monoisotopic (exact) mass is 347 g/mol. The van der Waals surface area contributed by atoms with E-state index in [0.29, 0.717) is 18.7 Å². The number of hydrogen-bond donors (Lipinski definition) is 1. The van der Waals surface area contributed by atoms with Crippen molar-refractivity contribution in [3.05, 3.63) is 30.3 Å². The first kappa shape index (κ1) is 17.1. The van der Waals surface area contributed by atoms with Gasteiger partial charge in [-0.15, -0.1) is 11.8 Å². The number of thioether (sulfide) groups is 1. The Bertz CT molecular complexity index is 624. The summed E-state index contributed by atoms with van der Waals surface area (Å²) in [5, 5.41) is 3.04. The van der Waals surface area contributed by atoms with Gasteiger partial charge in [0.2, 0.25) is 11.8 Å². The second-order valence-electron chi connectivity index (χ2n) is 6.81. The highest BCUT2D eigenvalue weighted by Gasteiger charge is 2.52. The molecule has 130 valence electrons. The minimum absolute atomic E-state index is 0.0326. The number of nitrogens with zero attached hydrogens (tertiary/aromatic N) is 2. The Labute approximate surface area is 147 Å². The summed E-state index contributed by atoms with van der Waals surface area (Å²) in [5.41, 5.74) is 1.12. The van der Waals surface area contributed by atoms with Gasteiger partial charge in [0.1, 0.15) is 6.04 Å². The van der Waals surface area contributed by atoms with Gasteiger partial charge in [-0.05, 0) is 32.4 Å². The zero-order chi connectivity index (χ0) is 17.3. The molecular weight excluding hydrogens is 322 g/mol. The normalized spacial score (nSPS) is 27.0. The minimum Gasteiger partial charge on any atom is -0.370 e. The van der Waals surface area contributed by atoms with Crippen LogP contribution in [-0.4, -0.2) is 53.0 Å². The summed E-state index contributed by atoms with van der Waals surface area (Å²) >= 11 is 1.73. The van der Waals surface area contributed by atoms with E-state index < -0.39 is 0 Å². The summed E-state index contributed by atoms with van der Waals surface area (Å²) in [7, 11) is 2.03. The van der Waals surface area contributed by atoms with Crippen molar-refractivity contribution in [1.29, 1.82) is 0 Å². The fourth-order valence-corrected chi connectivity index (χ4v) is 4.87. The lowest BCUT2D eigenvalue weighted by Gasteiger charge is -2.31. The van der Waals surface area contributed by atoms with Crippen LogP contribution < -0.4 is 10.2 Å². The Morgan fingerprint density at radius 2 is 2.17 bits per heavy atom. The van der Waals surface area contributed by atoms with E-state index in [2.05, 4.69) is 36.2 Å². The molecule has 2 aliphatic rings. The second-order valence-corrected chi connectivity index (χ2v) is 8.31. The van der Waals surface area contributed by atoms with Gasteiger partial charge in [-0.1, -0.05) is 18.2 Å². The lowest BCUT2D eigenvalue weighted by Crippen LogP contribution is -2.52. The van der Waals surface area contributed by atoms with Crippen molar-refractivity contribution in [2.75, 3.05) is 24.2 Å². The van der Waals surface area contributed by atoms with E-state index in [0.717, 1.165) is 12.1 Å². The molecule has 2 aliphatic heterocycles. The maximum absolute atomic E-state index is 12.6. The Hall–Kier alpha value is -1.69. The number of likely N-dealkylation sites (N-methyl/N-ethyl adjacent to an activating group) is 1. The fraction of sp³-hybridized carbons (Fsp3) is 0.556. The van der Waals surface area contributed by atoms with E-state index in [4.69, 9.17) is 0 Å². The number of benzene rings is 1. The van der Waals surface area contributed by atoms with E-state index in [1.54, 1.807) is 16.7 Å². The molecule has 1 aromatic rings. The molecule has 2 saturated heterocycles. The molecule has 0 aliphatic carbocycles. The molecule has 3 unspecified atom stereocenters. The number of nitrogens with one attached hydrogen (secondary N) is 1. The summed E-state index contributed by atoms with van der Waals surface area (Å²) < 4.78 is 0. The van der Waals surface area contributed by atoms with Crippen LogP contribution in [0.4, 0.5) is 5.69 Å². The number of para-hydroxylation sites is 1.